The van der Waals surface area contributed by atoms with E-state index in [1.54, 1.807) is 43.3 Å². The highest BCUT2D eigenvalue weighted by Crippen LogP contribution is 2.30. The minimum atomic E-state index is -4.25. The number of ether oxygens (including phenoxy) is 5. The lowest BCUT2D eigenvalue weighted by molar-refractivity contribution is -0.264. The van der Waals surface area contributed by atoms with E-state index >= 15 is 0 Å². The van der Waals surface area contributed by atoms with Crippen LogP contribution in [-0.2, 0) is 47.6 Å². The first kappa shape index (κ1) is 30.7. The van der Waals surface area contributed by atoms with E-state index in [1.165, 1.54) is 25.5 Å². The SMILES string of the molecule is COc1ccc(C=N[C@@H]2[C@@H](OC(C)=O)O[C@@H](COS(=O)(=O)c3ccc(C)cc3)[C@H](OC(C)=O)[C@H]2OC(C)=O)cc1. The van der Waals surface area contributed by atoms with Crippen molar-refractivity contribution < 1.29 is 50.7 Å². The highest BCUT2D eigenvalue weighted by atomic mass is 32.2. The van der Waals surface area contributed by atoms with Gasteiger partial charge in [-0.25, -0.2) is 0 Å². The molecule has 0 amide bonds. The van der Waals surface area contributed by atoms with E-state index in [0.717, 1.165) is 26.3 Å². The van der Waals surface area contributed by atoms with Crippen molar-refractivity contribution in [2.75, 3.05) is 13.7 Å². The lowest BCUT2D eigenvalue weighted by Gasteiger charge is -2.43. The largest absolute Gasteiger partial charge is 0.497 e. The van der Waals surface area contributed by atoms with E-state index in [0.29, 0.717) is 11.3 Å². The third-order valence-corrected chi connectivity index (χ3v) is 7.01. The third-order valence-electron chi connectivity index (χ3n) is 5.71. The Morgan fingerprint density at radius 1 is 0.875 bits per heavy atom. The summed E-state index contributed by atoms with van der Waals surface area (Å²) in [6, 6.07) is 11.6. The van der Waals surface area contributed by atoms with Gasteiger partial charge < -0.3 is 23.7 Å². The van der Waals surface area contributed by atoms with Crippen LogP contribution in [0, 0.1) is 6.92 Å². The van der Waals surface area contributed by atoms with Crippen LogP contribution >= 0.6 is 0 Å². The summed E-state index contributed by atoms with van der Waals surface area (Å²) in [5.41, 5.74) is 1.47. The van der Waals surface area contributed by atoms with Crippen LogP contribution in [0.5, 0.6) is 5.75 Å². The molecule has 1 heterocycles. The summed E-state index contributed by atoms with van der Waals surface area (Å²) in [4.78, 5) is 40.4. The van der Waals surface area contributed by atoms with Crippen LogP contribution in [0.2, 0.25) is 0 Å². The Morgan fingerprint density at radius 2 is 1.45 bits per heavy atom. The van der Waals surface area contributed by atoms with Crippen LogP contribution in [-0.4, -0.2) is 76.9 Å². The van der Waals surface area contributed by atoms with Gasteiger partial charge in [0.15, 0.2) is 18.2 Å². The van der Waals surface area contributed by atoms with E-state index in [-0.39, 0.29) is 4.90 Å². The number of rotatable bonds is 10. The molecule has 1 saturated heterocycles. The molecule has 0 unspecified atom stereocenters. The normalized spacial score (nSPS) is 22.9. The highest BCUT2D eigenvalue weighted by Gasteiger charge is 2.51. The van der Waals surface area contributed by atoms with Crippen LogP contribution in [0.15, 0.2) is 58.4 Å². The van der Waals surface area contributed by atoms with Gasteiger partial charge in [0.05, 0.1) is 18.6 Å². The molecule has 0 N–H and O–H groups in total. The quantitative estimate of drug-likeness (QED) is 0.177. The summed E-state index contributed by atoms with van der Waals surface area (Å²) >= 11 is 0. The number of hydrogen-bond acceptors (Lipinski definition) is 12. The second kappa shape index (κ2) is 13.5. The predicted molar refractivity (Wildman–Crippen MR) is 140 cm³/mol. The van der Waals surface area contributed by atoms with Gasteiger partial charge in [-0.15, -0.1) is 0 Å². The van der Waals surface area contributed by atoms with Crippen molar-refractivity contribution in [3.05, 3.63) is 59.7 Å². The fraction of sp³-hybridized carbons (Fsp3) is 0.407. The highest BCUT2D eigenvalue weighted by molar-refractivity contribution is 7.86. The maximum Gasteiger partial charge on any atom is 0.305 e. The maximum absolute atomic E-state index is 12.8. The van der Waals surface area contributed by atoms with E-state index in [1.807, 2.05) is 0 Å². The summed E-state index contributed by atoms with van der Waals surface area (Å²) in [6.07, 6.45) is -4.03. The standard InChI is InChI=1S/C27H31NO11S/c1-16-6-12-22(13-7-16)40(32,33)35-15-23-25(36-17(2)29)26(37-18(3)30)24(27(39-23)38-19(4)31)28-14-20-8-10-21(34-5)11-9-20/h6-14,23-27H,15H2,1-5H3/t23-,24-,25-,26-,27-/m0/s1. The van der Waals surface area contributed by atoms with Gasteiger partial charge in [0, 0.05) is 27.0 Å². The first-order valence-electron chi connectivity index (χ1n) is 12.2. The lowest BCUT2D eigenvalue weighted by Crippen LogP contribution is -2.61. The average molecular weight is 578 g/mol. The Bertz CT molecular complexity index is 1320. The summed E-state index contributed by atoms with van der Waals surface area (Å²) in [7, 11) is -2.73. The molecule has 3 rings (SSSR count). The van der Waals surface area contributed by atoms with Crippen LogP contribution in [0.1, 0.15) is 31.9 Å². The van der Waals surface area contributed by atoms with Gasteiger partial charge >= 0.3 is 17.9 Å². The molecule has 0 aromatic heterocycles. The molecule has 2 aromatic rings. The monoisotopic (exact) mass is 577 g/mol. The van der Waals surface area contributed by atoms with Gasteiger partial charge in [-0.05, 0) is 48.9 Å². The zero-order chi connectivity index (χ0) is 29.4. The molecule has 1 aliphatic rings. The molecule has 12 nitrogen and oxygen atoms in total. The Hall–Kier alpha value is -3.81. The Labute approximate surface area is 232 Å². The Balaban J connectivity index is 1.96. The zero-order valence-electron chi connectivity index (χ0n) is 22.6. The molecule has 1 fully saturated rings. The molecular formula is C27H31NO11S. The van der Waals surface area contributed by atoms with Gasteiger partial charge in [0.1, 0.15) is 11.9 Å². The summed E-state index contributed by atoms with van der Waals surface area (Å²) in [5, 5.41) is 0. The minimum Gasteiger partial charge on any atom is -0.497 e. The second-order valence-electron chi connectivity index (χ2n) is 8.89. The van der Waals surface area contributed by atoms with Crippen molar-refractivity contribution >= 4 is 34.2 Å². The first-order chi connectivity index (χ1) is 18.9. The van der Waals surface area contributed by atoms with Gasteiger partial charge in [-0.3, -0.25) is 23.6 Å². The summed E-state index contributed by atoms with van der Waals surface area (Å²) < 4.78 is 58.1. The molecule has 0 bridgehead atoms. The number of carbonyl (C=O) groups excluding carboxylic acids is 3. The molecule has 216 valence electrons. The molecule has 5 atom stereocenters. The Morgan fingerprint density at radius 3 is 2.00 bits per heavy atom. The first-order valence-corrected chi connectivity index (χ1v) is 13.6. The molecular weight excluding hydrogens is 546 g/mol. The van der Waals surface area contributed by atoms with Gasteiger partial charge in [-0.2, -0.15) is 8.42 Å². The van der Waals surface area contributed by atoms with E-state index in [4.69, 9.17) is 27.9 Å². The number of carbonyl (C=O) groups is 3. The number of nitrogens with zero attached hydrogens (tertiary/aromatic N) is 1. The van der Waals surface area contributed by atoms with E-state index < -0.39 is 65.3 Å². The Kier molecular flexibility index (Phi) is 10.4. The van der Waals surface area contributed by atoms with E-state index in [2.05, 4.69) is 4.99 Å². The van der Waals surface area contributed by atoms with Crippen molar-refractivity contribution in [1.82, 2.24) is 0 Å². The topological polar surface area (TPSA) is 153 Å². The van der Waals surface area contributed by atoms with Crippen molar-refractivity contribution in [3.8, 4) is 5.75 Å². The molecule has 13 heteroatoms. The maximum atomic E-state index is 12.8. The minimum absolute atomic E-state index is 0.104. The fourth-order valence-electron chi connectivity index (χ4n) is 3.90. The van der Waals surface area contributed by atoms with Crippen molar-refractivity contribution in [2.45, 2.75) is 63.2 Å². The summed E-state index contributed by atoms with van der Waals surface area (Å²) in [6.45, 7) is 4.55. The molecule has 0 aliphatic carbocycles. The van der Waals surface area contributed by atoms with Crippen LogP contribution in [0.25, 0.3) is 0 Å². The predicted octanol–water partition coefficient (Wildman–Crippen LogP) is 2.35. The smallest absolute Gasteiger partial charge is 0.305 e. The summed E-state index contributed by atoms with van der Waals surface area (Å²) in [5.74, 6) is -1.63. The second-order valence-corrected chi connectivity index (χ2v) is 10.5. The van der Waals surface area contributed by atoms with Crippen LogP contribution < -0.4 is 4.74 Å². The average Bonchev–Trinajstić information content (AvgIpc) is 2.88. The van der Waals surface area contributed by atoms with Crippen molar-refractivity contribution in [1.29, 1.82) is 0 Å². The van der Waals surface area contributed by atoms with E-state index in [9.17, 15) is 22.8 Å². The van der Waals surface area contributed by atoms with Crippen molar-refractivity contribution in [3.63, 3.8) is 0 Å². The molecule has 0 saturated carbocycles. The number of aliphatic imine (C=N–C) groups is 1. The number of benzene rings is 2. The number of hydrogen-bond donors (Lipinski definition) is 0. The van der Waals surface area contributed by atoms with Gasteiger partial charge in [-0.1, -0.05) is 17.7 Å². The lowest BCUT2D eigenvalue weighted by atomic mass is 9.96. The molecule has 0 spiro atoms. The van der Waals surface area contributed by atoms with Crippen LogP contribution in [0.3, 0.4) is 0 Å². The molecule has 40 heavy (non-hydrogen) atoms. The molecule has 0 radical (unpaired) electrons. The van der Waals surface area contributed by atoms with Crippen LogP contribution in [0.4, 0.5) is 0 Å². The van der Waals surface area contributed by atoms with Crippen molar-refractivity contribution in [2.24, 2.45) is 4.99 Å². The third kappa shape index (κ3) is 8.34. The fourth-order valence-corrected chi connectivity index (χ4v) is 4.81. The number of esters is 3. The van der Waals surface area contributed by atoms with Gasteiger partial charge in [0.2, 0.25) is 6.29 Å². The zero-order valence-corrected chi connectivity index (χ0v) is 23.5. The van der Waals surface area contributed by atoms with Gasteiger partial charge in [0.25, 0.3) is 10.1 Å². The molecule has 1 aliphatic heterocycles. The molecule has 2 aromatic carbocycles. The number of methoxy groups -OCH3 is 1. The number of aryl methyl sites for hydroxylation is 1.